The lowest BCUT2D eigenvalue weighted by molar-refractivity contribution is -0.118. The van der Waals surface area contributed by atoms with Gasteiger partial charge in [-0.1, -0.05) is 6.07 Å². The van der Waals surface area contributed by atoms with E-state index in [1.165, 1.54) is 17.4 Å². The number of thiazole rings is 1. The average Bonchev–Trinajstić information content (AvgIpc) is 2.81. The Bertz CT molecular complexity index is 681. The number of nitrogens with zero attached hydrogens (tertiary/aromatic N) is 1. The van der Waals surface area contributed by atoms with E-state index in [9.17, 15) is 9.59 Å². The molecule has 0 unspecified atom stereocenters. The summed E-state index contributed by atoms with van der Waals surface area (Å²) in [6, 6.07) is 4.72. The van der Waals surface area contributed by atoms with Crippen molar-refractivity contribution in [3.63, 3.8) is 0 Å². The van der Waals surface area contributed by atoms with Gasteiger partial charge in [0.25, 0.3) is 5.91 Å². The van der Waals surface area contributed by atoms with E-state index in [-0.39, 0.29) is 23.8 Å². The third-order valence-electron chi connectivity index (χ3n) is 2.59. The summed E-state index contributed by atoms with van der Waals surface area (Å²) >= 11 is 1.32. The maximum atomic E-state index is 11.7. The molecule has 0 atom stereocenters. The first-order valence-electron chi connectivity index (χ1n) is 6.14. The van der Waals surface area contributed by atoms with E-state index in [2.05, 4.69) is 10.3 Å². The maximum absolute atomic E-state index is 11.7. The van der Waals surface area contributed by atoms with Gasteiger partial charge in [0.2, 0.25) is 0 Å². The number of hydrogen-bond donors (Lipinski definition) is 2. The molecule has 0 radical (unpaired) electrons. The van der Waals surface area contributed by atoms with Crippen molar-refractivity contribution in [2.24, 2.45) is 0 Å². The molecule has 1 heterocycles. The first kappa shape index (κ1) is 15.0. The minimum Gasteiger partial charge on any atom is -0.483 e. The second-order valence-corrected chi connectivity index (χ2v) is 5.29. The number of carbonyl (C=O) groups excluding carboxylic acids is 1. The van der Waals surface area contributed by atoms with Gasteiger partial charge in [-0.05, 0) is 31.5 Å². The zero-order valence-electron chi connectivity index (χ0n) is 11.5. The summed E-state index contributed by atoms with van der Waals surface area (Å²) in [5, 5.41) is 14.0. The monoisotopic (exact) mass is 306 g/mol. The van der Waals surface area contributed by atoms with Crippen LogP contribution in [0.1, 0.15) is 21.6 Å². The van der Waals surface area contributed by atoms with Gasteiger partial charge in [0.05, 0.1) is 5.69 Å². The van der Waals surface area contributed by atoms with Crippen LogP contribution in [0.3, 0.4) is 0 Å². The second kappa shape index (κ2) is 6.36. The summed E-state index contributed by atoms with van der Waals surface area (Å²) < 4.78 is 5.30. The van der Waals surface area contributed by atoms with Crippen LogP contribution >= 0.6 is 11.3 Å². The molecule has 0 bridgehead atoms. The maximum Gasteiger partial charge on any atom is 0.339 e. The average molecular weight is 306 g/mol. The molecule has 2 rings (SSSR count). The first-order chi connectivity index (χ1) is 9.95. The number of benzene rings is 1. The van der Waals surface area contributed by atoms with Crippen LogP contribution in [0, 0.1) is 13.8 Å². The summed E-state index contributed by atoms with van der Waals surface area (Å²) in [7, 11) is 0. The van der Waals surface area contributed by atoms with Gasteiger partial charge in [-0.25, -0.2) is 9.78 Å². The van der Waals surface area contributed by atoms with Crippen LogP contribution < -0.4 is 10.1 Å². The molecule has 0 aliphatic carbocycles. The number of hydrogen-bond acceptors (Lipinski definition) is 5. The lowest BCUT2D eigenvalue weighted by atomic mass is 10.1. The third kappa shape index (κ3) is 4.03. The summed E-state index contributed by atoms with van der Waals surface area (Å²) in [6.07, 6.45) is 0. The molecule has 7 heteroatoms. The highest BCUT2D eigenvalue weighted by Gasteiger charge is 2.13. The predicted octanol–water partition coefficient (Wildman–Crippen LogP) is 2.48. The first-order valence-corrected chi connectivity index (χ1v) is 7.02. The zero-order chi connectivity index (χ0) is 15.4. The third-order valence-corrected chi connectivity index (χ3v) is 3.47. The van der Waals surface area contributed by atoms with Crippen molar-refractivity contribution in [1.82, 2.24) is 4.98 Å². The number of amides is 1. The number of rotatable bonds is 5. The number of aromatic carboxylic acids is 1. The largest absolute Gasteiger partial charge is 0.483 e. The van der Waals surface area contributed by atoms with E-state index < -0.39 is 5.97 Å². The Labute approximate surface area is 125 Å². The number of aryl methyl sites for hydroxylation is 2. The molecule has 1 aromatic carbocycles. The summed E-state index contributed by atoms with van der Waals surface area (Å²) in [5.41, 5.74) is 1.70. The fourth-order valence-electron chi connectivity index (χ4n) is 1.64. The lowest BCUT2D eigenvalue weighted by Crippen LogP contribution is -2.20. The Kier molecular flexibility index (Phi) is 4.54. The van der Waals surface area contributed by atoms with Crippen molar-refractivity contribution < 1.29 is 19.4 Å². The number of ether oxygens (including phenoxy) is 1. The minimum absolute atomic E-state index is 0.0264. The van der Waals surface area contributed by atoms with Crippen LogP contribution in [0.15, 0.2) is 23.6 Å². The molecule has 0 aliphatic heterocycles. The van der Waals surface area contributed by atoms with E-state index in [0.29, 0.717) is 5.13 Å². The molecule has 21 heavy (non-hydrogen) atoms. The Balaban J connectivity index is 2.00. The number of aromatic nitrogens is 1. The second-order valence-electron chi connectivity index (χ2n) is 4.44. The van der Waals surface area contributed by atoms with Crippen molar-refractivity contribution in [1.29, 1.82) is 0 Å². The molecule has 2 N–H and O–H groups in total. The highest BCUT2D eigenvalue weighted by molar-refractivity contribution is 7.13. The number of anilines is 1. The van der Waals surface area contributed by atoms with Crippen LogP contribution in [0.2, 0.25) is 0 Å². The van der Waals surface area contributed by atoms with E-state index in [1.807, 2.05) is 19.2 Å². The summed E-state index contributed by atoms with van der Waals surface area (Å²) in [4.78, 5) is 26.9. The van der Waals surface area contributed by atoms with Crippen LogP contribution in [0.25, 0.3) is 0 Å². The van der Waals surface area contributed by atoms with Gasteiger partial charge in [0, 0.05) is 5.38 Å². The van der Waals surface area contributed by atoms with Gasteiger partial charge >= 0.3 is 5.97 Å². The van der Waals surface area contributed by atoms with Crippen LogP contribution in [-0.4, -0.2) is 28.6 Å². The van der Waals surface area contributed by atoms with E-state index >= 15 is 0 Å². The zero-order valence-corrected chi connectivity index (χ0v) is 12.4. The Morgan fingerprint density at radius 3 is 2.76 bits per heavy atom. The SMILES string of the molecule is Cc1ccc(C(=O)O)c(OCC(=O)Nc2nc(C)cs2)c1. The summed E-state index contributed by atoms with van der Waals surface area (Å²) in [6.45, 7) is 3.37. The number of nitrogens with one attached hydrogen (secondary N) is 1. The highest BCUT2D eigenvalue weighted by atomic mass is 32.1. The van der Waals surface area contributed by atoms with E-state index in [1.54, 1.807) is 12.1 Å². The molecule has 6 nitrogen and oxygen atoms in total. The number of carbonyl (C=O) groups is 2. The molecular formula is C14H14N2O4S. The minimum atomic E-state index is -1.10. The van der Waals surface area contributed by atoms with Crippen LogP contribution in [0.4, 0.5) is 5.13 Å². The molecule has 1 amide bonds. The molecule has 2 aromatic rings. The van der Waals surface area contributed by atoms with Gasteiger partial charge in [0.15, 0.2) is 11.7 Å². The van der Waals surface area contributed by atoms with Crippen molar-refractivity contribution in [3.8, 4) is 5.75 Å². The van der Waals surface area contributed by atoms with Gasteiger partial charge in [0.1, 0.15) is 11.3 Å². The van der Waals surface area contributed by atoms with Crippen molar-refractivity contribution >= 4 is 28.3 Å². The van der Waals surface area contributed by atoms with Crippen molar-refractivity contribution in [2.45, 2.75) is 13.8 Å². The molecule has 0 saturated heterocycles. The number of carboxylic acid groups (broad SMARTS) is 1. The van der Waals surface area contributed by atoms with E-state index in [4.69, 9.17) is 9.84 Å². The lowest BCUT2D eigenvalue weighted by Gasteiger charge is -2.09. The fraction of sp³-hybridized carbons (Fsp3) is 0.214. The van der Waals surface area contributed by atoms with Gasteiger partial charge in [-0.3, -0.25) is 10.1 Å². The van der Waals surface area contributed by atoms with Crippen molar-refractivity contribution in [3.05, 3.63) is 40.4 Å². The summed E-state index contributed by atoms with van der Waals surface area (Å²) in [5.74, 6) is -1.31. The molecule has 1 aromatic heterocycles. The Hall–Kier alpha value is -2.41. The highest BCUT2D eigenvalue weighted by Crippen LogP contribution is 2.20. The number of carboxylic acids is 1. The van der Waals surface area contributed by atoms with Crippen LogP contribution in [-0.2, 0) is 4.79 Å². The molecular weight excluding hydrogens is 292 g/mol. The standard InChI is InChI=1S/C14H14N2O4S/c1-8-3-4-10(13(18)19)11(5-8)20-6-12(17)16-14-15-9(2)7-21-14/h3-5,7H,6H2,1-2H3,(H,18,19)(H,15,16,17). The molecule has 0 aliphatic rings. The van der Waals surface area contributed by atoms with Gasteiger partial charge < -0.3 is 9.84 Å². The molecule has 0 saturated carbocycles. The topological polar surface area (TPSA) is 88.5 Å². The molecule has 110 valence electrons. The Morgan fingerprint density at radius 1 is 1.38 bits per heavy atom. The smallest absolute Gasteiger partial charge is 0.339 e. The van der Waals surface area contributed by atoms with Gasteiger partial charge in [-0.15, -0.1) is 11.3 Å². The molecule has 0 spiro atoms. The van der Waals surface area contributed by atoms with Crippen molar-refractivity contribution in [2.75, 3.05) is 11.9 Å². The fourth-order valence-corrected chi connectivity index (χ4v) is 2.34. The van der Waals surface area contributed by atoms with E-state index in [0.717, 1.165) is 11.3 Å². The Morgan fingerprint density at radius 2 is 2.14 bits per heavy atom. The van der Waals surface area contributed by atoms with Gasteiger partial charge in [-0.2, -0.15) is 0 Å². The normalized spacial score (nSPS) is 10.2. The van der Waals surface area contributed by atoms with Crippen LogP contribution in [0.5, 0.6) is 5.75 Å². The predicted molar refractivity (Wildman–Crippen MR) is 79.1 cm³/mol. The quantitative estimate of drug-likeness (QED) is 0.886. The molecule has 0 fully saturated rings.